The van der Waals surface area contributed by atoms with E-state index in [0.29, 0.717) is 12.1 Å². The summed E-state index contributed by atoms with van der Waals surface area (Å²) in [5.41, 5.74) is -0.162. The highest BCUT2D eigenvalue weighted by atomic mass is 16.5. The van der Waals surface area contributed by atoms with E-state index in [1.54, 1.807) is 0 Å². The van der Waals surface area contributed by atoms with E-state index in [2.05, 4.69) is 14.7 Å². The molecule has 1 aromatic heterocycles. The second-order valence-corrected chi connectivity index (χ2v) is 3.32. The van der Waals surface area contributed by atoms with Gasteiger partial charge >= 0.3 is 0 Å². The molecule has 0 aliphatic carbocycles. The maximum atomic E-state index is 10.2. The van der Waals surface area contributed by atoms with E-state index in [1.807, 2.05) is 20.8 Å². The van der Waals surface area contributed by atoms with Crippen LogP contribution in [0.25, 0.3) is 0 Å². The van der Waals surface area contributed by atoms with Crippen LogP contribution in [-0.4, -0.2) is 16.4 Å². The molecule has 11 heavy (non-hydrogen) atoms. The maximum Gasteiger partial charge on any atom is 0.290 e. The Bertz CT molecular complexity index is 260. The lowest BCUT2D eigenvalue weighted by Gasteiger charge is -2.10. The van der Waals surface area contributed by atoms with E-state index in [1.165, 1.54) is 0 Å². The predicted molar refractivity (Wildman–Crippen MR) is 38.4 cm³/mol. The van der Waals surface area contributed by atoms with Crippen LogP contribution in [0, 0.1) is 0 Å². The van der Waals surface area contributed by atoms with E-state index in [-0.39, 0.29) is 11.3 Å². The van der Waals surface area contributed by atoms with Crippen molar-refractivity contribution in [1.29, 1.82) is 0 Å². The molecule has 0 aromatic carbocycles. The van der Waals surface area contributed by atoms with Gasteiger partial charge in [-0.3, -0.25) is 4.79 Å². The number of hydrogen-bond acceptors (Lipinski definition) is 4. The van der Waals surface area contributed by atoms with Gasteiger partial charge < -0.3 is 4.52 Å². The average Bonchev–Trinajstić information content (AvgIpc) is 2.32. The third-order valence-electron chi connectivity index (χ3n) is 1.21. The first kappa shape index (κ1) is 7.91. The van der Waals surface area contributed by atoms with Crippen LogP contribution in [0.4, 0.5) is 0 Å². The van der Waals surface area contributed by atoms with Crippen LogP contribution in [-0.2, 0) is 5.41 Å². The molecule has 0 fully saturated rings. The third-order valence-corrected chi connectivity index (χ3v) is 1.21. The highest BCUT2D eigenvalue weighted by molar-refractivity contribution is 5.67. The minimum atomic E-state index is -0.162. The lowest BCUT2D eigenvalue weighted by molar-refractivity contribution is 0.108. The Kier molecular flexibility index (Phi) is 1.76. The molecule has 4 heteroatoms. The van der Waals surface area contributed by atoms with Crippen LogP contribution >= 0.6 is 0 Å². The molecule has 1 aromatic rings. The van der Waals surface area contributed by atoms with Gasteiger partial charge in [-0.25, -0.2) is 0 Å². The number of carbonyl (C=O) groups excluding carboxylic acids is 1. The predicted octanol–water partition coefficient (Wildman–Crippen LogP) is 1.18. The smallest absolute Gasteiger partial charge is 0.290 e. The van der Waals surface area contributed by atoms with Gasteiger partial charge in [0.1, 0.15) is 0 Å². The van der Waals surface area contributed by atoms with Gasteiger partial charge in [0.25, 0.3) is 5.89 Å². The van der Waals surface area contributed by atoms with Gasteiger partial charge in [-0.05, 0) is 0 Å². The molecule has 0 atom stereocenters. The van der Waals surface area contributed by atoms with Crippen LogP contribution in [0.5, 0.6) is 0 Å². The number of rotatable bonds is 1. The van der Waals surface area contributed by atoms with Gasteiger partial charge in [0.15, 0.2) is 5.82 Å². The maximum absolute atomic E-state index is 10.2. The van der Waals surface area contributed by atoms with E-state index < -0.39 is 0 Å². The molecule has 0 saturated heterocycles. The van der Waals surface area contributed by atoms with E-state index in [4.69, 9.17) is 0 Å². The summed E-state index contributed by atoms with van der Waals surface area (Å²) in [5.74, 6) is 0.592. The Morgan fingerprint density at radius 3 is 2.36 bits per heavy atom. The fourth-order valence-electron chi connectivity index (χ4n) is 0.588. The van der Waals surface area contributed by atoms with Gasteiger partial charge in [0, 0.05) is 5.41 Å². The molecular formula is C7H10N2O2. The minimum absolute atomic E-state index is 0.0370. The SMILES string of the molecule is CC(C)(C)c1noc(C=O)n1. The Morgan fingerprint density at radius 1 is 1.45 bits per heavy atom. The molecule has 0 amide bonds. The molecule has 0 spiro atoms. The van der Waals surface area contributed by atoms with Crippen LogP contribution in [0.2, 0.25) is 0 Å². The van der Waals surface area contributed by atoms with Gasteiger partial charge in [-0.1, -0.05) is 25.9 Å². The van der Waals surface area contributed by atoms with Crippen molar-refractivity contribution >= 4 is 6.29 Å². The Hall–Kier alpha value is -1.19. The van der Waals surface area contributed by atoms with Crippen molar-refractivity contribution in [3.63, 3.8) is 0 Å². The standard InChI is InChI=1S/C7H10N2O2/c1-7(2,3)6-8-5(4-10)11-9-6/h4H,1-3H3. The zero-order valence-corrected chi connectivity index (χ0v) is 6.79. The van der Waals surface area contributed by atoms with Crippen LogP contribution < -0.4 is 0 Å². The Labute approximate surface area is 64.6 Å². The van der Waals surface area contributed by atoms with Crippen molar-refractivity contribution in [3.05, 3.63) is 11.7 Å². The summed E-state index contributed by atoms with van der Waals surface area (Å²) in [6.07, 6.45) is 0.544. The van der Waals surface area contributed by atoms with Gasteiger partial charge in [0.2, 0.25) is 6.29 Å². The summed E-state index contributed by atoms with van der Waals surface area (Å²) in [6.45, 7) is 5.85. The molecule has 0 radical (unpaired) electrons. The molecule has 1 rings (SSSR count). The fraction of sp³-hybridized carbons (Fsp3) is 0.571. The van der Waals surface area contributed by atoms with Crippen LogP contribution in [0.15, 0.2) is 4.52 Å². The lowest BCUT2D eigenvalue weighted by atomic mass is 9.96. The third kappa shape index (κ3) is 1.63. The monoisotopic (exact) mass is 154 g/mol. The van der Waals surface area contributed by atoms with Crippen LogP contribution in [0.1, 0.15) is 37.3 Å². The summed E-state index contributed by atoms with van der Waals surface area (Å²) in [5, 5.41) is 3.64. The zero-order chi connectivity index (χ0) is 8.48. The second-order valence-electron chi connectivity index (χ2n) is 3.32. The zero-order valence-electron chi connectivity index (χ0n) is 6.79. The van der Waals surface area contributed by atoms with Crippen molar-refractivity contribution in [2.75, 3.05) is 0 Å². The first-order valence-corrected chi connectivity index (χ1v) is 3.33. The topological polar surface area (TPSA) is 56.0 Å². The highest BCUT2D eigenvalue weighted by Gasteiger charge is 2.20. The van der Waals surface area contributed by atoms with Crippen LogP contribution in [0.3, 0.4) is 0 Å². The molecular weight excluding hydrogens is 144 g/mol. The first-order chi connectivity index (χ1) is 5.04. The van der Waals surface area contributed by atoms with E-state index >= 15 is 0 Å². The number of carbonyl (C=O) groups is 1. The first-order valence-electron chi connectivity index (χ1n) is 3.33. The number of hydrogen-bond donors (Lipinski definition) is 0. The summed E-state index contributed by atoms with van der Waals surface area (Å²) in [7, 11) is 0. The summed E-state index contributed by atoms with van der Waals surface area (Å²) >= 11 is 0. The van der Waals surface area contributed by atoms with Crippen molar-refractivity contribution < 1.29 is 9.32 Å². The van der Waals surface area contributed by atoms with Gasteiger partial charge in [-0.2, -0.15) is 4.98 Å². The van der Waals surface area contributed by atoms with Crippen molar-refractivity contribution in [1.82, 2.24) is 10.1 Å². The van der Waals surface area contributed by atoms with Crippen molar-refractivity contribution in [2.45, 2.75) is 26.2 Å². The second kappa shape index (κ2) is 2.45. The quantitative estimate of drug-likeness (QED) is 0.570. The minimum Gasteiger partial charge on any atom is -0.331 e. The molecule has 0 saturated carbocycles. The molecule has 0 unspecified atom stereocenters. The van der Waals surface area contributed by atoms with Gasteiger partial charge in [0.05, 0.1) is 0 Å². The summed E-state index contributed by atoms with van der Waals surface area (Å²) in [6, 6.07) is 0. The molecule has 0 aliphatic rings. The average molecular weight is 154 g/mol. The Balaban J connectivity index is 2.98. The fourth-order valence-corrected chi connectivity index (χ4v) is 0.588. The largest absolute Gasteiger partial charge is 0.331 e. The molecule has 0 bridgehead atoms. The lowest BCUT2D eigenvalue weighted by Crippen LogP contribution is -2.13. The summed E-state index contributed by atoms with van der Waals surface area (Å²) in [4.78, 5) is 14.0. The number of aldehydes is 1. The van der Waals surface area contributed by atoms with Crippen molar-refractivity contribution in [2.24, 2.45) is 0 Å². The van der Waals surface area contributed by atoms with Crippen molar-refractivity contribution in [3.8, 4) is 0 Å². The van der Waals surface area contributed by atoms with E-state index in [9.17, 15) is 4.79 Å². The molecule has 60 valence electrons. The molecule has 4 nitrogen and oxygen atoms in total. The Morgan fingerprint density at radius 2 is 2.09 bits per heavy atom. The molecule has 1 heterocycles. The summed E-state index contributed by atoms with van der Waals surface area (Å²) < 4.78 is 4.61. The molecule has 0 N–H and O–H groups in total. The normalized spacial score (nSPS) is 11.5. The number of nitrogens with zero attached hydrogens (tertiary/aromatic N) is 2. The van der Waals surface area contributed by atoms with E-state index in [0.717, 1.165) is 0 Å². The van der Waals surface area contributed by atoms with Gasteiger partial charge in [-0.15, -0.1) is 0 Å². The number of aromatic nitrogens is 2. The highest BCUT2D eigenvalue weighted by Crippen LogP contribution is 2.17. The molecule has 0 aliphatic heterocycles.